The fraction of sp³-hybridized carbons (Fsp3) is 0.438. The molecule has 1 N–H and O–H groups in total. The number of imide groups is 1. The first kappa shape index (κ1) is 15.6. The van der Waals surface area contributed by atoms with Crippen molar-refractivity contribution in [1.29, 1.82) is 0 Å². The van der Waals surface area contributed by atoms with Crippen LogP contribution in [-0.2, 0) is 14.3 Å². The number of hydrogen-bond donors (Lipinski definition) is 1. The van der Waals surface area contributed by atoms with E-state index in [0.29, 0.717) is 37.3 Å². The molecule has 2 aliphatic heterocycles. The van der Waals surface area contributed by atoms with Crippen LogP contribution in [0.2, 0.25) is 0 Å². The molecule has 0 atom stereocenters. The van der Waals surface area contributed by atoms with Crippen LogP contribution in [-0.4, -0.2) is 55.2 Å². The largest absolute Gasteiger partial charge is 0.356 e. The van der Waals surface area contributed by atoms with E-state index in [1.165, 1.54) is 0 Å². The molecular weight excluding hydrogens is 300 g/mol. The van der Waals surface area contributed by atoms with Crippen molar-refractivity contribution in [2.75, 3.05) is 26.3 Å². The van der Waals surface area contributed by atoms with Gasteiger partial charge >= 0.3 is 0 Å². The zero-order chi connectivity index (χ0) is 16.2. The molecule has 3 amide bonds. The molecule has 122 valence electrons. The van der Waals surface area contributed by atoms with E-state index < -0.39 is 0 Å². The Bertz CT molecular complexity index is 590. The molecule has 0 spiro atoms. The molecule has 0 aliphatic carbocycles. The van der Waals surface area contributed by atoms with Gasteiger partial charge in [-0.25, -0.2) is 0 Å². The molecule has 2 aliphatic rings. The molecule has 0 unspecified atom stereocenters. The Morgan fingerprint density at radius 3 is 2.35 bits per heavy atom. The molecule has 7 heteroatoms. The maximum absolute atomic E-state index is 12.1. The Morgan fingerprint density at radius 1 is 1.13 bits per heavy atom. The molecule has 0 aromatic heterocycles. The third-order valence-electron chi connectivity index (χ3n) is 3.83. The van der Waals surface area contributed by atoms with Gasteiger partial charge in [-0.15, -0.1) is 0 Å². The van der Waals surface area contributed by atoms with E-state index in [1.54, 1.807) is 24.3 Å². The molecule has 0 saturated carbocycles. The predicted molar refractivity (Wildman–Crippen MR) is 79.7 cm³/mol. The maximum Gasteiger partial charge on any atom is 0.261 e. The molecule has 1 fully saturated rings. The summed E-state index contributed by atoms with van der Waals surface area (Å²) in [6, 6.07) is 6.68. The SMILES string of the molecule is O=C(CCN1C(=O)c2ccccc2C1=O)NCCC1OCCO1. The first-order chi connectivity index (χ1) is 11.2. The van der Waals surface area contributed by atoms with Crippen molar-refractivity contribution < 1.29 is 23.9 Å². The topological polar surface area (TPSA) is 84.9 Å². The quantitative estimate of drug-likeness (QED) is 0.774. The summed E-state index contributed by atoms with van der Waals surface area (Å²) in [5, 5.41) is 2.74. The number of carbonyl (C=O) groups excluding carboxylic acids is 3. The molecule has 1 saturated heterocycles. The van der Waals surface area contributed by atoms with Crippen molar-refractivity contribution in [3.63, 3.8) is 0 Å². The van der Waals surface area contributed by atoms with E-state index in [-0.39, 0.29) is 37.0 Å². The minimum absolute atomic E-state index is 0.0780. The minimum Gasteiger partial charge on any atom is -0.356 e. The van der Waals surface area contributed by atoms with E-state index in [9.17, 15) is 14.4 Å². The Hall–Kier alpha value is -2.25. The van der Waals surface area contributed by atoms with Crippen LogP contribution in [0.3, 0.4) is 0 Å². The summed E-state index contributed by atoms with van der Waals surface area (Å²) in [7, 11) is 0. The molecule has 7 nitrogen and oxygen atoms in total. The van der Waals surface area contributed by atoms with Crippen LogP contribution in [0.1, 0.15) is 33.6 Å². The van der Waals surface area contributed by atoms with Gasteiger partial charge in [0.2, 0.25) is 5.91 Å². The predicted octanol–water partition coefficient (Wildman–Crippen LogP) is 0.552. The van der Waals surface area contributed by atoms with Gasteiger partial charge in [0.25, 0.3) is 11.8 Å². The zero-order valence-corrected chi connectivity index (χ0v) is 12.6. The molecule has 1 aromatic rings. The van der Waals surface area contributed by atoms with Crippen molar-refractivity contribution >= 4 is 17.7 Å². The number of hydrogen-bond acceptors (Lipinski definition) is 5. The molecule has 0 radical (unpaired) electrons. The lowest BCUT2D eigenvalue weighted by Crippen LogP contribution is -2.35. The van der Waals surface area contributed by atoms with Gasteiger partial charge in [-0.05, 0) is 12.1 Å². The first-order valence-corrected chi connectivity index (χ1v) is 7.62. The van der Waals surface area contributed by atoms with Crippen molar-refractivity contribution in [3.05, 3.63) is 35.4 Å². The van der Waals surface area contributed by atoms with E-state index in [2.05, 4.69) is 5.32 Å². The summed E-state index contributed by atoms with van der Waals surface area (Å²) in [4.78, 5) is 37.2. The lowest BCUT2D eigenvalue weighted by Gasteiger charge is -2.14. The first-order valence-electron chi connectivity index (χ1n) is 7.62. The summed E-state index contributed by atoms with van der Waals surface area (Å²) in [6.45, 7) is 1.68. The van der Waals surface area contributed by atoms with E-state index in [1.807, 2.05) is 0 Å². The minimum atomic E-state index is -0.342. The highest BCUT2D eigenvalue weighted by atomic mass is 16.7. The van der Waals surface area contributed by atoms with Crippen molar-refractivity contribution in [2.45, 2.75) is 19.1 Å². The number of amides is 3. The fourth-order valence-electron chi connectivity index (χ4n) is 2.65. The summed E-state index contributed by atoms with van der Waals surface area (Å²) in [6.07, 6.45) is 0.405. The van der Waals surface area contributed by atoms with Crippen LogP contribution in [0.25, 0.3) is 0 Å². The van der Waals surface area contributed by atoms with Crippen molar-refractivity contribution in [1.82, 2.24) is 10.2 Å². The maximum atomic E-state index is 12.1. The van der Waals surface area contributed by atoms with E-state index >= 15 is 0 Å². The Morgan fingerprint density at radius 2 is 1.74 bits per heavy atom. The average Bonchev–Trinajstić information content (AvgIpc) is 3.15. The lowest BCUT2D eigenvalue weighted by atomic mass is 10.1. The van der Waals surface area contributed by atoms with Crippen LogP contribution < -0.4 is 5.32 Å². The number of ether oxygens (including phenoxy) is 2. The Labute approximate surface area is 133 Å². The van der Waals surface area contributed by atoms with Gasteiger partial charge in [0.15, 0.2) is 6.29 Å². The number of carbonyl (C=O) groups is 3. The van der Waals surface area contributed by atoms with Crippen molar-refractivity contribution in [3.8, 4) is 0 Å². The number of nitrogens with one attached hydrogen (secondary N) is 1. The number of nitrogens with zero attached hydrogens (tertiary/aromatic N) is 1. The van der Waals surface area contributed by atoms with Gasteiger partial charge in [0.1, 0.15) is 0 Å². The standard InChI is InChI=1S/C16H18N2O5/c19-13(17-7-5-14-22-9-10-23-14)6-8-18-15(20)11-3-1-2-4-12(11)16(18)21/h1-4,14H,5-10H2,(H,17,19). The molecule has 0 bridgehead atoms. The van der Waals surface area contributed by atoms with Gasteiger partial charge in [-0.2, -0.15) is 0 Å². The van der Waals surface area contributed by atoms with Gasteiger partial charge in [-0.1, -0.05) is 12.1 Å². The van der Waals surface area contributed by atoms with Gasteiger partial charge in [0, 0.05) is 25.9 Å². The second-order valence-electron chi connectivity index (χ2n) is 5.37. The monoisotopic (exact) mass is 318 g/mol. The highest BCUT2D eigenvalue weighted by molar-refractivity contribution is 6.21. The lowest BCUT2D eigenvalue weighted by molar-refractivity contribution is -0.121. The summed E-state index contributed by atoms with van der Waals surface area (Å²) >= 11 is 0. The van der Waals surface area contributed by atoms with Gasteiger partial charge in [-0.3, -0.25) is 19.3 Å². The molecule has 3 rings (SSSR count). The van der Waals surface area contributed by atoms with Crippen LogP contribution in [0, 0.1) is 0 Å². The van der Waals surface area contributed by atoms with Crippen LogP contribution in [0.5, 0.6) is 0 Å². The van der Waals surface area contributed by atoms with E-state index in [0.717, 1.165) is 4.90 Å². The van der Waals surface area contributed by atoms with Gasteiger partial charge < -0.3 is 14.8 Å². The highest BCUT2D eigenvalue weighted by Crippen LogP contribution is 2.22. The number of benzene rings is 1. The number of rotatable bonds is 6. The fourth-order valence-corrected chi connectivity index (χ4v) is 2.65. The second-order valence-corrected chi connectivity index (χ2v) is 5.37. The second kappa shape index (κ2) is 6.89. The van der Waals surface area contributed by atoms with Crippen molar-refractivity contribution in [2.24, 2.45) is 0 Å². The molecular formula is C16H18N2O5. The normalized spacial score (nSPS) is 17.7. The van der Waals surface area contributed by atoms with Crippen LogP contribution >= 0.6 is 0 Å². The number of fused-ring (bicyclic) bond motifs is 1. The summed E-state index contributed by atoms with van der Waals surface area (Å²) in [5.74, 6) is -0.892. The molecule has 23 heavy (non-hydrogen) atoms. The van der Waals surface area contributed by atoms with Gasteiger partial charge in [0.05, 0.1) is 24.3 Å². The molecule has 1 aromatic carbocycles. The smallest absolute Gasteiger partial charge is 0.261 e. The third-order valence-corrected chi connectivity index (χ3v) is 3.83. The summed E-state index contributed by atoms with van der Waals surface area (Å²) < 4.78 is 10.5. The highest BCUT2D eigenvalue weighted by Gasteiger charge is 2.34. The Balaban J connectivity index is 1.44. The Kier molecular flexibility index (Phi) is 4.68. The van der Waals surface area contributed by atoms with Crippen LogP contribution in [0.15, 0.2) is 24.3 Å². The molecule has 2 heterocycles. The third kappa shape index (κ3) is 3.40. The van der Waals surface area contributed by atoms with Crippen LogP contribution in [0.4, 0.5) is 0 Å². The average molecular weight is 318 g/mol. The zero-order valence-electron chi connectivity index (χ0n) is 12.6. The van der Waals surface area contributed by atoms with E-state index in [4.69, 9.17) is 9.47 Å². The summed E-state index contributed by atoms with van der Waals surface area (Å²) in [5.41, 5.74) is 0.793.